The summed E-state index contributed by atoms with van der Waals surface area (Å²) in [6, 6.07) is 0. The Morgan fingerprint density at radius 1 is 1.09 bits per heavy atom. The van der Waals surface area contributed by atoms with Gasteiger partial charge in [0, 0.05) is 13.1 Å². The van der Waals surface area contributed by atoms with Crippen LogP contribution in [-0.4, -0.2) is 46.3 Å². The molecule has 1 saturated heterocycles. The lowest BCUT2D eigenvalue weighted by Crippen LogP contribution is -2.42. The summed E-state index contributed by atoms with van der Waals surface area (Å²) >= 11 is 1.37. The van der Waals surface area contributed by atoms with Crippen molar-refractivity contribution < 1.29 is 9.53 Å². The molecule has 5 nitrogen and oxygen atoms in total. The second kappa shape index (κ2) is 7.04. The van der Waals surface area contributed by atoms with E-state index in [9.17, 15) is 4.79 Å². The van der Waals surface area contributed by atoms with Gasteiger partial charge in [0.15, 0.2) is 0 Å². The monoisotopic (exact) mass is 323 g/mol. The second-order valence-corrected chi connectivity index (χ2v) is 7.82. The molecule has 1 aliphatic carbocycles. The highest BCUT2D eigenvalue weighted by Gasteiger charge is 2.28. The number of rotatable bonds is 3. The fourth-order valence-electron chi connectivity index (χ4n) is 3.35. The van der Waals surface area contributed by atoms with Crippen LogP contribution in [0.4, 0.5) is 0 Å². The Morgan fingerprint density at radius 2 is 1.73 bits per heavy atom. The first-order chi connectivity index (χ1) is 10.6. The second-order valence-electron chi connectivity index (χ2n) is 6.64. The van der Waals surface area contributed by atoms with Gasteiger partial charge in [0.1, 0.15) is 5.01 Å². The molecule has 6 heteroatoms. The summed E-state index contributed by atoms with van der Waals surface area (Å²) in [6.07, 6.45) is 7.62. The number of carbonyl (C=O) groups excluding carboxylic acids is 1. The highest BCUT2D eigenvalue weighted by Crippen LogP contribution is 2.28. The third kappa shape index (κ3) is 3.84. The molecule has 1 aliphatic heterocycles. The molecule has 0 atom stereocenters. The van der Waals surface area contributed by atoms with Gasteiger partial charge in [0.2, 0.25) is 5.01 Å². The molecule has 0 radical (unpaired) electrons. The van der Waals surface area contributed by atoms with E-state index in [0.29, 0.717) is 17.2 Å². The molecule has 1 amide bonds. The van der Waals surface area contributed by atoms with E-state index in [1.165, 1.54) is 37.0 Å². The van der Waals surface area contributed by atoms with Crippen LogP contribution in [0, 0.1) is 12.8 Å². The number of piperidine rings is 1. The van der Waals surface area contributed by atoms with Crippen molar-refractivity contribution in [3.8, 4) is 0 Å². The minimum absolute atomic E-state index is 0.0236. The van der Waals surface area contributed by atoms with Gasteiger partial charge in [-0.3, -0.25) is 4.79 Å². The molecule has 0 unspecified atom stereocenters. The van der Waals surface area contributed by atoms with Crippen LogP contribution in [-0.2, 0) is 4.74 Å². The zero-order valence-corrected chi connectivity index (χ0v) is 14.3. The first-order valence-electron chi connectivity index (χ1n) is 8.36. The summed E-state index contributed by atoms with van der Waals surface area (Å²) in [5.74, 6) is 0.880. The van der Waals surface area contributed by atoms with Crippen LogP contribution in [0.15, 0.2) is 0 Å². The molecule has 1 aromatic rings. The van der Waals surface area contributed by atoms with E-state index in [1.54, 1.807) is 0 Å². The SMILES string of the molecule is Cc1nnc(C(=O)N2CCC(OC3CCC(C)CC3)CC2)s1. The van der Waals surface area contributed by atoms with Crippen LogP contribution in [0.5, 0.6) is 0 Å². The van der Waals surface area contributed by atoms with Crippen molar-refractivity contribution in [1.82, 2.24) is 15.1 Å². The Hall–Kier alpha value is -1.01. The molecule has 22 heavy (non-hydrogen) atoms. The maximum atomic E-state index is 12.3. The third-order valence-corrected chi connectivity index (χ3v) is 5.61. The van der Waals surface area contributed by atoms with E-state index < -0.39 is 0 Å². The quantitative estimate of drug-likeness (QED) is 0.858. The van der Waals surface area contributed by atoms with Crippen LogP contribution in [0.1, 0.15) is 60.3 Å². The van der Waals surface area contributed by atoms with Crippen LogP contribution >= 0.6 is 11.3 Å². The third-order valence-electron chi connectivity index (χ3n) is 4.79. The van der Waals surface area contributed by atoms with Crippen LogP contribution in [0.2, 0.25) is 0 Å². The smallest absolute Gasteiger partial charge is 0.284 e. The van der Waals surface area contributed by atoms with Gasteiger partial charge in [-0.05, 0) is 51.4 Å². The molecule has 2 fully saturated rings. The Labute approximate surface area is 136 Å². The highest BCUT2D eigenvalue weighted by molar-refractivity contribution is 7.13. The lowest BCUT2D eigenvalue weighted by Gasteiger charge is -2.35. The van der Waals surface area contributed by atoms with Crippen molar-refractivity contribution in [1.29, 1.82) is 0 Å². The summed E-state index contributed by atoms with van der Waals surface area (Å²) in [6.45, 7) is 5.74. The molecule has 1 aromatic heterocycles. The number of amides is 1. The molecular weight excluding hydrogens is 298 g/mol. The summed E-state index contributed by atoms with van der Waals surface area (Å²) in [7, 11) is 0. The van der Waals surface area contributed by atoms with Gasteiger partial charge in [-0.1, -0.05) is 18.3 Å². The van der Waals surface area contributed by atoms with Gasteiger partial charge in [0.05, 0.1) is 12.2 Å². The molecule has 0 N–H and O–H groups in total. The average Bonchev–Trinajstić information content (AvgIpc) is 2.96. The Balaban J connectivity index is 1.45. The average molecular weight is 323 g/mol. The molecule has 0 spiro atoms. The molecule has 0 aromatic carbocycles. The van der Waals surface area contributed by atoms with Gasteiger partial charge in [-0.15, -0.1) is 10.2 Å². The van der Waals surface area contributed by atoms with Gasteiger partial charge in [-0.2, -0.15) is 0 Å². The molecule has 2 heterocycles. The maximum Gasteiger partial charge on any atom is 0.284 e. The number of ether oxygens (including phenoxy) is 1. The van der Waals surface area contributed by atoms with Crippen molar-refractivity contribution in [3.05, 3.63) is 10.0 Å². The van der Waals surface area contributed by atoms with Gasteiger partial charge < -0.3 is 9.64 Å². The minimum atomic E-state index is 0.0236. The van der Waals surface area contributed by atoms with Gasteiger partial charge in [-0.25, -0.2) is 0 Å². The lowest BCUT2D eigenvalue weighted by molar-refractivity contribution is -0.0570. The van der Waals surface area contributed by atoms with E-state index in [4.69, 9.17) is 4.74 Å². The number of likely N-dealkylation sites (tertiary alicyclic amines) is 1. The van der Waals surface area contributed by atoms with Crippen molar-refractivity contribution >= 4 is 17.2 Å². The van der Waals surface area contributed by atoms with Crippen LogP contribution < -0.4 is 0 Å². The molecule has 122 valence electrons. The topological polar surface area (TPSA) is 55.3 Å². The van der Waals surface area contributed by atoms with Crippen molar-refractivity contribution in [2.45, 2.75) is 64.6 Å². The van der Waals surface area contributed by atoms with Crippen LogP contribution in [0.25, 0.3) is 0 Å². The fraction of sp³-hybridized carbons (Fsp3) is 0.812. The van der Waals surface area contributed by atoms with E-state index in [-0.39, 0.29) is 5.91 Å². The first kappa shape index (κ1) is 15.9. The molecular formula is C16H25N3O2S. The zero-order valence-electron chi connectivity index (χ0n) is 13.5. The van der Waals surface area contributed by atoms with E-state index in [2.05, 4.69) is 17.1 Å². The predicted octanol–water partition coefficient (Wildman–Crippen LogP) is 3.05. The zero-order chi connectivity index (χ0) is 15.5. The van der Waals surface area contributed by atoms with Crippen molar-refractivity contribution in [3.63, 3.8) is 0 Å². The molecule has 0 bridgehead atoms. The molecule has 2 aliphatic rings. The number of carbonyl (C=O) groups is 1. The van der Waals surface area contributed by atoms with Gasteiger partial charge in [0.25, 0.3) is 5.91 Å². The van der Waals surface area contributed by atoms with Crippen molar-refractivity contribution in [2.75, 3.05) is 13.1 Å². The maximum absolute atomic E-state index is 12.3. The number of hydrogen-bond donors (Lipinski definition) is 0. The molecule has 3 rings (SSSR count). The van der Waals surface area contributed by atoms with E-state index >= 15 is 0 Å². The Kier molecular flexibility index (Phi) is 5.08. The minimum Gasteiger partial charge on any atom is -0.375 e. The van der Waals surface area contributed by atoms with Crippen molar-refractivity contribution in [2.24, 2.45) is 5.92 Å². The van der Waals surface area contributed by atoms with E-state index in [1.807, 2.05) is 11.8 Å². The number of aromatic nitrogens is 2. The summed E-state index contributed by atoms with van der Waals surface area (Å²) in [5.41, 5.74) is 0. The van der Waals surface area contributed by atoms with Crippen LogP contribution in [0.3, 0.4) is 0 Å². The first-order valence-corrected chi connectivity index (χ1v) is 9.18. The fourth-order valence-corrected chi connectivity index (χ4v) is 4.01. The summed E-state index contributed by atoms with van der Waals surface area (Å²) in [4.78, 5) is 14.2. The standard InChI is InChI=1S/C16H25N3O2S/c1-11-3-5-13(6-4-11)21-14-7-9-19(10-8-14)16(20)15-18-17-12(2)22-15/h11,13-14H,3-10H2,1-2H3. The highest BCUT2D eigenvalue weighted by atomic mass is 32.1. The Bertz CT molecular complexity index is 503. The predicted molar refractivity (Wildman–Crippen MR) is 86.1 cm³/mol. The number of aryl methyl sites for hydroxylation is 1. The lowest BCUT2D eigenvalue weighted by atomic mass is 9.88. The van der Waals surface area contributed by atoms with E-state index in [0.717, 1.165) is 36.9 Å². The number of nitrogens with zero attached hydrogens (tertiary/aromatic N) is 3. The molecule has 1 saturated carbocycles. The Morgan fingerprint density at radius 3 is 2.32 bits per heavy atom. The summed E-state index contributed by atoms with van der Waals surface area (Å²) < 4.78 is 6.26. The summed E-state index contributed by atoms with van der Waals surface area (Å²) in [5, 5.41) is 9.24. The normalized spacial score (nSPS) is 27.1. The van der Waals surface area contributed by atoms with Gasteiger partial charge >= 0.3 is 0 Å². The number of hydrogen-bond acceptors (Lipinski definition) is 5. The largest absolute Gasteiger partial charge is 0.375 e.